The third kappa shape index (κ3) is 4.38. The molecule has 2 aromatic carbocycles. The Labute approximate surface area is 153 Å². The maximum absolute atomic E-state index is 12.3. The van der Waals surface area contributed by atoms with Crippen LogP contribution in [-0.2, 0) is 11.3 Å². The van der Waals surface area contributed by atoms with Gasteiger partial charge in [-0.3, -0.25) is 9.36 Å². The van der Waals surface area contributed by atoms with Crippen molar-refractivity contribution in [3.63, 3.8) is 0 Å². The number of nitrogens with one attached hydrogen (secondary N) is 1. The number of benzene rings is 2. The molecule has 1 heterocycles. The number of halogens is 1. The average Bonchev–Trinajstić information content (AvgIpc) is 3.05. The van der Waals surface area contributed by atoms with Crippen molar-refractivity contribution < 1.29 is 4.79 Å². The van der Waals surface area contributed by atoms with Crippen molar-refractivity contribution in [1.82, 2.24) is 14.8 Å². The largest absolute Gasteiger partial charge is 0.324 e. The lowest BCUT2D eigenvalue weighted by Crippen LogP contribution is -2.19. The predicted octanol–water partition coefficient (Wildman–Crippen LogP) is 3.59. The number of aromatic nitrogens is 3. The van der Waals surface area contributed by atoms with Crippen LogP contribution in [0.15, 0.2) is 64.6 Å². The van der Waals surface area contributed by atoms with Gasteiger partial charge in [0.05, 0.1) is 5.69 Å². The zero-order valence-electron chi connectivity index (χ0n) is 12.9. The van der Waals surface area contributed by atoms with E-state index in [9.17, 15) is 4.79 Å². The summed E-state index contributed by atoms with van der Waals surface area (Å²) < 4.78 is 1.39. The SMILES string of the molecule is N#Cc1nncn1CC(=O)Nc1ccccc1Sc1ccc(Cl)cc1. The second-order valence-corrected chi connectivity index (χ2v) is 6.55. The zero-order valence-corrected chi connectivity index (χ0v) is 14.5. The summed E-state index contributed by atoms with van der Waals surface area (Å²) in [6.45, 7) is -0.0319. The molecule has 0 fully saturated rings. The molecule has 0 saturated carbocycles. The summed E-state index contributed by atoms with van der Waals surface area (Å²) >= 11 is 7.43. The van der Waals surface area contributed by atoms with Gasteiger partial charge in [-0.25, -0.2) is 0 Å². The van der Waals surface area contributed by atoms with Crippen LogP contribution < -0.4 is 5.32 Å². The topological polar surface area (TPSA) is 83.6 Å². The van der Waals surface area contributed by atoms with Crippen molar-refractivity contribution >= 4 is 35.0 Å². The molecule has 0 bridgehead atoms. The van der Waals surface area contributed by atoms with Crippen LogP contribution in [0.5, 0.6) is 0 Å². The molecule has 3 aromatic rings. The van der Waals surface area contributed by atoms with Crippen molar-refractivity contribution in [2.75, 3.05) is 5.32 Å². The molecule has 1 aromatic heterocycles. The Morgan fingerprint density at radius 3 is 2.76 bits per heavy atom. The Bertz CT molecular complexity index is 933. The van der Waals surface area contributed by atoms with Gasteiger partial charge in [-0.15, -0.1) is 10.2 Å². The number of amides is 1. The number of carbonyl (C=O) groups is 1. The second-order valence-electron chi connectivity index (χ2n) is 4.99. The molecule has 0 atom stereocenters. The number of carbonyl (C=O) groups excluding carboxylic acids is 1. The Morgan fingerprint density at radius 1 is 1.24 bits per heavy atom. The number of nitrogens with zero attached hydrogens (tertiary/aromatic N) is 4. The van der Waals surface area contributed by atoms with E-state index in [4.69, 9.17) is 16.9 Å². The molecule has 1 amide bonds. The van der Waals surface area contributed by atoms with Crippen molar-refractivity contribution in [2.24, 2.45) is 0 Å². The quantitative estimate of drug-likeness (QED) is 0.742. The van der Waals surface area contributed by atoms with Gasteiger partial charge in [-0.1, -0.05) is 35.5 Å². The normalized spacial score (nSPS) is 10.2. The van der Waals surface area contributed by atoms with Crippen molar-refractivity contribution in [3.8, 4) is 6.07 Å². The highest BCUT2D eigenvalue weighted by molar-refractivity contribution is 7.99. The van der Waals surface area contributed by atoms with Gasteiger partial charge in [-0.05, 0) is 36.4 Å². The molecule has 0 unspecified atom stereocenters. The molecule has 0 aliphatic rings. The summed E-state index contributed by atoms with van der Waals surface area (Å²) in [6, 6.07) is 16.9. The van der Waals surface area contributed by atoms with E-state index in [1.54, 1.807) is 0 Å². The van der Waals surface area contributed by atoms with Gasteiger partial charge >= 0.3 is 0 Å². The zero-order chi connectivity index (χ0) is 17.6. The van der Waals surface area contributed by atoms with E-state index in [1.165, 1.54) is 22.7 Å². The fraction of sp³-hybridized carbons (Fsp3) is 0.0588. The van der Waals surface area contributed by atoms with E-state index in [1.807, 2.05) is 54.6 Å². The molecule has 0 saturated heterocycles. The van der Waals surface area contributed by atoms with Crippen LogP contribution in [0.3, 0.4) is 0 Å². The molecule has 3 rings (SSSR count). The minimum Gasteiger partial charge on any atom is -0.324 e. The summed E-state index contributed by atoms with van der Waals surface area (Å²) in [5.74, 6) is -0.167. The van der Waals surface area contributed by atoms with E-state index < -0.39 is 0 Å². The Hall–Kier alpha value is -2.82. The van der Waals surface area contributed by atoms with Gasteiger partial charge in [0.15, 0.2) is 0 Å². The van der Waals surface area contributed by atoms with E-state index in [2.05, 4.69) is 15.5 Å². The highest BCUT2D eigenvalue weighted by Crippen LogP contribution is 2.33. The average molecular weight is 370 g/mol. The van der Waals surface area contributed by atoms with Crippen molar-refractivity contribution in [2.45, 2.75) is 16.3 Å². The fourth-order valence-electron chi connectivity index (χ4n) is 2.09. The van der Waals surface area contributed by atoms with Crippen molar-refractivity contribution in [1.29, 1.82) is 5.26 Å². The maximum Gasteiger partial charge on any atom is 0.244 e. The van der Waals surface area contributed by atoms with Gasteiger partial charge < -0.3 is 5.32 Å². The standard InChI is InChI=1S/C17H12ClN5OS/c18-12-5-7-13(8-6-12)25-15-4-2-1-3-14(15)21-17(24)10-23-11-20-22-16(23)9-19/h1-8,11H,10H2,(H,21,24). The minimum absolute atomic E-state index is 0.0319. The molecule has 0 radical (unpaired) electrons. The molecule has 8 heteroatoms. The maximum atomic E-state index is 12.3. The summed E-state index contributed by atoms with van der Waals surface area (Å²) in [5, 5.41) is 19.7. The first-order chi connectivity index (χ1) is 12.2. The molecule has 0 aliphatic heterocycles. The van der Waals surface area contributed by atoms with Crippen LogP contribution in [0.4, 0.5) is 5.69 Å². The molecule has 0 aliphatic carbocycles. The lowest BCUT2D eigenvalue weighted by molar-refractivity contribution is -0.116. The highest BCUT2D eigenvalue weighted by Gasteiger charge is 2.11. The highest BCUT2D eigenvalue weighted by atomic mass is 35.5. The number of para-hydroxylation sites is 1. The van der Waals surface area contributed by atoms with Gasteiger partial charge in [0.25, 0.3) is 0 Å². The van der Waals surface area contributed by atoms with Crippen LogP contribution in [0.2, 0.25) is 5.02 Å². The first-order valence-electron chi connectivity index (χ1n) is 7.26. The van der Waals surface area contributed by atoms with Crippen LogP contribution >= 0.6 is 23.4 Å². The molecule has 6 nitrogen and oxygen atoms in total. The first-order valence-corrected chi connectivity index (χ1v) is 8.45. The molecular formula is C17H12ClN5OS. The third-order valence-corrected chi connectivity index (χ3v) is 4.57. The molecular weight excluding hydrogens is 358 g/mol. The molecule has 25 heavy (non-hydrogen) atoms. The summed E-state index contributed by atoms with van der Waals surface area (Å²) in [4.78, 5) is 14.2. The summed E-state index contributed by atoms with van der Waals surface area (Å²) in [5.41, 5.74) is 0.694. The Kier molecular flexibility index (Phi) is 5.33. The summed E-state index contributed by atoms with van der Waals surface area (Å²) in [6.07, 6.45) is 1.35. The van der Waals surface area contributed by atoms with Gasteiger partial charge in [-0.2, -0.15) is 5.26 Å². The monoisotopic (exact) mass is 369 g/mol. The van der Waals surface area contributed by atoms with Gasteiger partial charge in [0.2, 0.25) is 11.7 Å². The van der Waals surface area contributed by atoms with Crippen LogP contribution in [0.1, 0.15) is 5.82 Å². The number of anilines is 1. The lowest BCUT2D eigenvalue weighted by atomic mass is 10.3. The van der Waals surface area contributed by atoms with E-state index >= 15 is 0 Å². The Balaban J connectivity index is 1.73. The van der Waals surface area contributed by atoms with Crippen LogP contribution in [-0.4, -0.2) is 20.7 Å². The van der Waals surface area contributed by atoms with Gasteiger partial charge in [0, 0.05) is 14.8 Å². The number of nitriles is 1. The van der Waals surface area contributed by atoms with Crippen LogP contribution in [0.25, 0.3) is 0 Å². The van der Waals surface area contributed by atoms with E-state index in [0.29, 0.717) is 10.7 Å². The van der Waals surface area contributed by atoms with Crippen LogP contribution in [0, 0.1) is 11.3 Å². The number of hydrogen-bond acceptors (Lipinski definition) is 5. The van der Waals surface area contributed by atoms with Crippen molar-refractivity contribution in [3.05, 3.63) is 65.7 Å². The molecule has 1 N–H and O–H groups in total. The Morgan fingerprint density at radius 2 is 2.00 bits per heavy atom. The van der Waals surface area contributed by atoms with Gasteiger partial charge in [0.1, 0.15) is 18.9 Å². The number of hydrogen-bond donors (Lipinski definition) is 1. The number of rotatable bonds is 5. The molecule has 0 spiro atoms. The van der Waals surface area contributed by atoms with E-state index in [-0.39, 0.29) is 18.3 Å². The second kappa shape index (κ2) is 7.83. The predicted molar refractivity (Wildman–Crippen MR) is 95.4 cm³/mol. The van der Waals surface area contributed by atoms with E-state index in [0.717, 1.165) is 9.79 Å². The summed E-state index contributed by atoms with van der Waals surface area (Å²) in [7, 11) is 0. The lowest BCUT2D eigenvalue weighted by Gasteiger charge is -2.11. The fourth-order valence-corrected chi connectivity index (χ4v) is 3.12. The minimum atomic E-state index is -0.263. The first kappa shape index (κ1) is 17.0. The molecule has 124 valence electrons. The smallest absolute Gasteiger partial charge is 0.244 e. The third-order valence-electron chi connectivity index (χ3n) is 3.23.